The van der Waals surface area contributed by atoms with E-state index in [1.165, 1.54) is 6.07 Å². The third-order valence-electron chi connectivity index (χ3n) is 3.12. The van der Waals surface area contributed by atoms with Crippen molar-refractivity contribution < 1.29 is 17.6 Å². The lowest BCUT2D eigenvalue weighted by atomic mass is 10.1. The minimum atomic E-state index is -4.33. The van der Waals surface area contributed by atoms with Crippen LogP contribution in [-0.4, -0.2) is 0 Å². The highest BCUT2D eigenvalue weighted by atomic mass is 19.4. The van der Waals surface area contributed by atoms with E-state index in [0.717, 1.165) is 17.7 Å². The summed E-state index contributed by atoms with van der Waals surface area (Å²) in [5, 5.41) is 0.478. The summed E-state index contributed by atoms with van der Waals surface area (Å²) in [4.78, 5) is 0. The van der Waals surface area contributed by atoms with Crippen LogP contribution in [0.1, 0.15) is 16.9 Å². The number of benzene rings is 2. The zero-order chi connectivity index (χ0) is 14.2. The molecule has 1 heterocycles. The third kappa shape index (κ3) is 2.54. The average molecular weight is 276 g/mol. The monoisotopic (exact) mass is 276 g/mol. The molecule has 0 fully saturated rings. The molecule has 0 spiro atoms. The molecule has 0 saturated heterocycles. The summed E-state index contributed by atoms with van der Waals surface area (Å²) in [6.45, 7) is 0. The Morgan fingerprint density at radius 3 is 2.35 bits per heavy atom. The molecule has 0 aliphatic carbocycles. The Hall–Kier alpha value is -2.23. The maximum atomic E-state index is 12.6. The van der Waals surface area contributed by atoms with Crippen LogP contribution in [0.4, 0.5) is 13.2 Å². The normalized spacial score (nSPS) is 11.9. The lowest BCUT2D eigenvalue weighted by molar-refractivity contribution is -0.137. The molecule has 0 aliphatic rings. The van der Waals surface area contributed by atoms with Crippen LogP contribution in [0.25, 0.3) is 11.0 Å². The number of hydrogen-bond acceptors (Lipinski definition) is 1. The first-order valence-corrected chi connectivity index (χ1v) is 6.16. The first-order chi connectivity index (χ1) is 9.52. The molecular weight excluding hydrogens is 265 g/mol. The van der Waals surface area contributed by atoms with Gasteiger partial charge in [0.2, 0.25) is 0 Å². The van der Waals surface area contributed by atoms with Crippen molar-refractivity contribution in [2.75, 3.05) is 0 Å². The van der Waals surface area contributed by atoms with Gasteiger partial charge in [-0.3, -0.25) is 0 Å². The number of hydrogen-bond donors (Lipinski definition) is 0. The molecule has 102 valence electrons. The summed E-state index contributed by atoms with van der Waals surface area (Å²) in [5.41, 5.74) is 0.878. The second-order valence-electron chi connectivity index (χ2n) is 4.63. The Balaban J connectivity index is 1.95. The van der Waals surface area contributed by atoms with Crippen molar-refractivity contribution in [1.29, 1.82) is 0 Å². The molecule has 1 aromatic heterocycles. The Morgan fingerprint density at radius 2 is 1.65 bits per heavy atom. The van der Waals surface area contributed by atoms with Gasteiger partial charge in [0.05, 0.1) is 5.56 Å². The molecule has 3 rings (SSSR count). The predicted octanol–water partition coefficient (Wildman–Crippen LogP) is 5.04. The summed E-state index contributed by atoms with van der Waals surface area (Å²) in [6.07, 6.45) is -3.76. The molecule has 3 aromatic rings. The number of halogens is 3. The molecule has 0 radical (unpaired) electrons. The molecule has 0 atom stereocenters. The van der Waals surface area contributed by atoms with Crippen LogP contribution in [0.3, 0.4) is 0 Å². The fourth-order valence-electron chi connectivity index (χ4n) is 2.16. The number of furan rings is 1. The Labute approximate surface area is 113 Å². The van der Waals surface area contributed by atoms with E-state index in [9.17, 15) is 13.2 Å². The zero-order valence-corrected chi connectivity index (χ0v) is 10.4. The minimum Gasteiger partial charge on any atom is -0.461 e. The smallest absolute Gasteiger partial charge is 0.416 e. The SMILES string of the molecule is FC(F)(F)c1ccc2oc(Cc3ccccc3)cc2c1. The molecule has 1 nitrogen and oxygen atoms in total. The average Bonchev–Trinajstić information content (AvgIpc) is 2.80. The second kappa shape index (κ2) is 4.71. The van der Waals surface area contributed by atoms with Crippen molar-refractivity contribution >= 4 is 11.0 Å². The Bertz CT molecular complexity index is 726. The highest BCUT2D eigenvalue weighted by Gasteiger charge is 2.30. The van der Waals surface area contributed by atoms with Crippen LogP contribution in [0.2, 0.25) is 0 Å². The van der Waals surface area contributed by atoms with Gasteiger partial charge in [0.25, 0.3) is 0 Å². The van der Waals surface area contributed by atoms with Crippen molar-refractivity contribution in [2.24, 2.45) is 0 Å². The highest BCUT2D eigenvalue weighted by Crippen LogP contribution is 2.32. The molecular formula is C16H11F3O. The van der Waals surface area contributed by atoms with E-state index in [-0.39, 0.29) is 0 Å². The van der Waals surface area contributed by atoms with Gasteiger partial charge in [-0.05, 0) is 29.8 Å². The number of fused-ring (bicyclic) bond motifs is 1. The molecule has 0 N–H and O–H groups in total. The first kappa shape index (κ1) is 12.8. The van der Waals surface area contributed by atoms with Gasteiger partial charge in [-0.2, -0.15) is 13.2 Å². The molecule has 20 heavy (non-hydrogen) atoms. The van der Waals surface area contributed by atoms with Crippen molar-refractivity contribution in [1.82, 2.24) is 0 Å². The van der Waals surface area contributed by atoms with Gasteiger partial charge in [0.1, 0.15) is 11.3 Å². The quantitative estimate of drug-likeness (QED) is 0.639. The van der Waals surface area contributed by atoms with Gasteiger partial charge in [-0.1, -0.05) is 30.3 Å². The van der Waals surface area contributed by atoms with Crippen molar-refractivity contribution in [3.05, 3.63) is 71.5 Å². The summed E-state index contributed by atoms with van der Waals surface area (Å²) in [5.74, 6) is 0.658. The van der Waals surface area contributed by atoms with Gasteiger partial charge in [-0.15, -0.1) is 0 Å². The van der Waals surface area contributed by atoms with Crippen LogP contribution in [0, 0.1) is 0 Å². The van der Waals surface area contributed by atoms with Crippen LogP contribution >= 0.6 is 0 Å². The van der Waals surface area contributed by atoms with Crippen LogP contribution in [-0.2, 0) is 12.6 Å². The molecule has 0 saturated carbocycles. The lowest BCUT2D eigenvalue weighted by Gasteiger charge is -2.04. The molecule has 0 aliphatic heterocycles. The van der Waals surface area contributed by atoms with E-state index in [0.29, 0.717) is 23.2 Å². The van der Waals surface area contributed by atoms with Crippen molar-refractivity contribution in [3.8, 4) is 0 Å². The fourth-order valence-corrected chi connectivity index (χ4v) is 2.16. The summed E-state index contributed by atoms with van der Waals surface area (Å²) < 4.78 is 43.5. The van der Waals surface area contributed by atoms with E-state index in [1.807, 2.05) is 30.3 Å². The third-order valence-corrected chi connectivity index (χ3v) is 3.12. The molecule has 4 heteroatoms. The van der Waals surface area contributed by atoms with E-state index >= 15 is 0 Å². The van der Waals surface area contributed by atoms with Gasteiger partial charge < -0.3 is 4.42 Å². The van der Waals surface area contributed by atoms with Crippen LogP contribution in [0.15, 0.2) is 59.0 Å². The Morgan fingerprint density at radius 1 is 0.900 bits per heavy atom. The first-order valence-electron chi connectivity index (χ1n) is 6.16. The van der Waals surface area contributed by atoms with E-state index in [4.69, 9.17) is 4.42 Å². The molecule has 0 bridgehead atoms. The molecule has 0 amide bonds. The summed E-state index contributed by atoms with van der Waals surface area (Å²) in [7, 11) is 0. The topological polar surface area (TPSA) is 13.1 Å². The second-order valence-corrected chi connectivity index (χ2v) is 4.63. The summed E-state index contributed by atoms with van der Waals surface area (Å²) in [6, 6.07) is 14.8. The van der Waals surface area contributed by atoms with Gasteiger partial charge in [-0.25, -0.2) is 0 Å². The van der Waals surface area contributed by atoms with Gasteiger partial charge in [0, 0.05) is 11.8 Å². The molecule has 2 aromatic carbocycles. The van der Waals surface area contributed by atoms with Crippen LogP contribution < -0.4 is 0 Å². The highest BCUT2D eigenvalue weighted by molar-refractivity contribution is 5.79. The van der Waals surface area contributed by atoms with E-state index in [1.54, 1.807) is 6.07 Å². The van der Waals surface area contributed by atoms with Gasteiger partial charge in [0.15, 0.2) is 0 Å². The zero-order valence-electron chi connectivity index (χ0n) is 10.4. The lowest BCUT2D eigenvalue weighted by Crippen LogP contribution is -2.03. The van der Waals surface area contributed by atoms with Crippen molar-refractivity contribution in [2.45, 2.75) is 12.6 Å². The van der Waals surface area contributed by atoms with Crippen LogP contribution in [0.5, 0.6) is 0 Å². The minimum absolute atomic E-state index is 0.476. The van der Waals surface area contributed by atoms with Gasteiger partial charge >= 0.3 is 6.18 Å². The maximum Gasteiger partial charge on any atom is 0.416 e. The standard InChI is InChI=1S/C16H11F3O/c17-16(18,19)13-6-7-15-12(9-13)10-14(20-15)8-11-4-2-1-3-5-11/h1-7,9-10H,8H2. The Kier molecular flexibility index (Phi) is 3.01. The largest absolute Gasteiger partial charge is 0.461 e. The predicted molar refractivity (Wildman–Crippen MR) is 70.5 cm³/mol. The van der Waals surface area contributed by atoms with E-state index < -0.39 is 11.7 Å². The number of rotatable bonds is 2. The molecule has 0 unspecified atom stereocenters. The fraction of sp³-hybridized carbons (Fsp3) is 0.125. The van der Waals surface area contributed by atoms with Crippen molar-refractivity contribution in [3.63, 3.8) is 0 Å². The summed E-state index contributed by atoms with van der Waals surface area (Å²) >= 11 is 0. The van der Waals surface area contributed by atoms with E-state index in [2.05, 4.69) is 0 Å². The maximum absolute atomic E-state index is 12.6. The number of alkyl halides is 3.